The van der Waals surface area contributed by atoms with Gasteiger partial charge in [-0.25, -0.2) is 4.79 Å². The molecule has 1 aliphatic heterocycles. The van der Waals surface area contributed by atoms with E-state index in [1.54, 1.807) is 0 Å². The van der Waals surface area contributed by atoms with Gasteiger partial charge >= 0.3 is 5.97 Å². The van der Waals surface area contributed by atoms with Crippen LogP contribution < -0.4 is 9.80 Å². The maximum absolute atomic E-state index is 12.4. The van der Waals surface area contributed by atoms with Crippen molar-refractivity contribution in [2.45, 2.75) is 26.9 Å². The summed E-state index contributed by atoms with van der Waals surface area (Å²) in [6.07, 6.45) is -0.315. The lowest BCUT2D eigenvalue weighted by molar-refractivity contribution is 0.0455. The number of benzene rings is 2. The molecular weight excluding hydrogens is 312 g/mol. The van der Waals surface area contributed by atoms with Crippen LogP contribution in [0.4, 0.5) is 11.4 Å². The third kappa shape index (κ3) is 3.09. The smallest absolute Gasteiger partial charge is 0.339 e. The number of carbonyl (C=O) groups is 1. The molecule has 0 bridgehead atoms. The average Bonchev–Trinajstić information content (AvgIpc) is 2.92. The van der Waals surface area contributed by atoms with E-state index < -0.39 is 0 Å². The van der Waals surface area contributed by atoms with Gasteiger partial charge in [-0.1, -0.05) is 12.1 Å². The Balaban J connectivity index is 1.98. The number of aryl methyl sites for hydroxylation is 1. The SMILES string of the molecule is CCN(CC)c1ccc(C2OC(=O)c3cc(N(C)C)ccc32)c(C)c1. The van der Waals surface area contributed by atoms with Crippen LogP contribution in [0.5, 0.6) is 0 Å². The first-order valence-corrected chi connectivity index (χ1v) is 8.84. The minimum atomic E-state index is -0.315. The van der Waals surface area contributed by atoms with E-state index in [-0.39, 0.29) is 12.1 Å². The third-order valence-electron chi connectivity index (χ3n) is 4.94. The number of carbonyl (C=O) groups excluding carboxylic acids is 1. The second-order valence-electron chi connectivity index (χ2n) is 6.66. The maximum atomic E-state index is 12.4. The molecule has 1 atom stereocenters. The Morgan fingerprint density at radius 2 is 1.60 bits per heavy atom. The van der Waals surface area contributed by atoms with Crippen molar-refractivity contribution < 1.29 is 9.53 Å². The summed E-state index contributed by atoms with van der Waals surface area (Å²) < 4.78 is 5.72. The van der Waals surface area contributed by atoms with Crippen LogP contribution in [-0.4, -0.2) is 33.2 Å². The molecular formula is C21H26N2O2. The fourth-order valence-corrected chi connectivity index (χ4v) is 3.43. The molecule has 1 aliphatic rings. The second kappa shape index (κ2) is 6.79. The van der Waals surface area contributed by atoms with E-state index in [9.17, 15) is 4.79 Å². The average molecular weight is 338 g/mol. The second-order valence-corrected chi connectivity index (χ2v) is 6.66. The van der Waals surface area contributed by atoms with Gasteiger partial charge in [0, 0.05) is 49.7 Å². The summed E-state index contributed by atoms with van der Waals surface area (Å²) in [5, 5.41) is 0. The van der Waals surface area contributed by atoms with Gasteiger partial charge in [-0.05, 0) is 50.6 Å². The van der Waals surface area contributed by atoms with Crippen molar-refractivity contribution in [3.05, 3.63) is 58.7 Å². The van der Waals surface area contributed by atoms with Gasteiger partial charge in [0.05, 0.1) is 5.56 Å². The van der Waals surface area contributed by atoms with Crippen molar-refractivity contribution in [2.24, 2.45) is 0 Å². The van der Waals surface area contributed by atoms with Crippen molar-refractivity contribution >= 4 is 17.3 Å². The van der Waals surface area contributed by atoms with E-state index in [0.717, 1.165) is 35.5 Å². The van der Waals surface area contributed by atoms with Crippen molar-refractivity contribution in [3.63, 3.8) is 0 Å². The van der Waals surface area contributed by atoms with E-state index in [0.29, 0.717) is 5.56 Å². The summed E-state index contributed by atoms with van der Waals surface area (Å²) in [4.78, 5) is 16.7. The van der Waals surface area contributed by atoms with Crippen molar-refractivity contribution in [2.75, 3.05) is 37.0 Å². The summed E-state index contributed by atoms with van der Waals surface area (Å²) in [5.41, 5.74) is 6.04. The zero-order valence-corrected chi connectivity index (χ0v) is 15.7. The molecule has 0 saturated carbocycles. The van der Waals surface area contributed by atoms with Crippen LogP contribution in [0.3, 0.4) is 0 Å². The first kappa shape index (κ1) is 17.3. The summed E-state index contributed by atoms with van der Waals surface area (Å²) in [5.74, 6) is -0.240. The summed E-state index contributed by atoms with van der Waals surface area (Å²) in [6.45, 7) is 8.35. The quantitative estimate of drug-likeness (QED) is 0.766. The first-order valence-electron chi connectivity index (χ1n) is 8.84. The van der Waals surface area contributed by atoms with Gasteiger partial charge in [0.15, 0.2) is 6.10 Å². The Bertz CT molecular complexity index is 794. The Labute approximate surface area is 150 Å². The van der Waals surface area contributed by atoms with E-state index in [4.69, 9.17) is 4.74 Å². The highest BCUT2D eigenvalue weighted by Gasteiger charge is 2.33. The van der Waals surface area contributed by atoms with Gasteiger partial charge in [0.2, 0.25) is 0 Å². The van der Waals surface area contributed by atoms with Gasteiger partial charge in [-0.3, -0.25) is 0 Å². The number of fused-ring (bicyclic) bond motifs is 1. The van der Waals surface area contributed by atoms with Crippen molar-refractivity contribution in [1.29, 1.82) is 0 Å². The van der Waals surface area contributed by atoms with Gasteiger partial charge in [0.1, 0.15) is 0 Å². The third-order valence-corrected chi connectivity index (χ3v) is 4.94. The molecule has 2 aromatic carbocycles. The predicted octanol–water partition coefficient (Wildman–Crippen LogP) is 4.17. The van der Waals surface area contributed by atoms with Crippen molar-refractivity contribution in [3.8, 4) is 0 Å². The number of hydrogen-bond donors (Lipinski definition) is 0. The number of nitrogens with zero attached hydrogens (tertiary/aromatic N) is 2. The summed E-state index contributed by atoms with van der Waals surface area (Å²) >= 11 is 0. The van der Waals surface area contributed by atoms with Crippen LogP contribution >= 0.6 is 0 Å². The monoisotopic (exact) mass is 338 g/mol. The normalized spacial score (nSPS) is 15.7. The maximum Gasteiger partial charge on any atom is 0.339 e. The van der Waals surface area contributed by atoms with Crippen LogP contribution in [-0.2, 0) is 4.74 Å². The van der Waals surface area contributed by atoms with Gasteiger partial charge in [-0.2, -0.15) is 0 Å². The molecule has 0 aromatic heterocycles. The lowest BCUT2D eigenvalue weighted by Crippen LogP contribution is -2.22. The molecule has 4 nitrogen and oxygen atoms in total. The lowest BCUT2D eigenvalue weighted by atomic mass is 9.95. The fraction of sp³-hybridized carbons (Fsp3) is 0.381. The Hall–Kier alpha value is -2.49. The van der Waals surface area contributed by atoms with Gasteiger partial charge in [-0.15, -0.1) is 0 Å². The van der Waals surface area contributed by atoms with Crippen LogP contribution in [0.15, 0.2) is 36.4 Å². The molecule has 0 N–H and O–H groups in total. The number of hydrogen-bond acceptors (Lipinski definition) is 4. The molecule has 0 radical (unpaired) electrons. The molecule has 0 fully saturated rings. The van der Waals surface area contributed by atoms with Gasteiger partial charge in [0.25, 0.3) is 0 Å². The van der Waals surface area contributed by atoms with Gasteiger partial charge < -0.3 is 14.5 Å². The lowest BCUT2D eigenvalue weighted by Gasteiger charge is -2.23. The van der Waals surface area contributed by atoms with Crippen LogP contribution in [0, 0.1) is 6.92 Å². The molecule has 0 saturated heterocycles. The predicted molar refractivity (Wildman–Crippen MR) is 103 cm³/mol. The zero-order valence-electron chi connectivity index (χ0n) is 15.7. The van der Waals surface area contributed by atoms with Crippen molar-refractivity contribution in [1.82, 2.24) is 0 Å². The van der Waals surface area contributed by atoms with E-state index in [1.165, 1.54) is 5.69 Å². The molecule has 4 heteroatoms. The molecule has 1 unspecified atom stereocenters. The van der Waals surface area contributed by atoms with E-state index in [2.05, 4.69) is 43.9 Å². The Morgan fingerprint density at radius 1 is 0.960 bits per heavy atom. The summed E-state index contributed by atoms with van der Waals surface area (Å²) in [6, 6.07) is 12.4. The Morgan fingerprint density at radius 3 is 2.20 bits per heavy atom. The largest absolute Gasteiger partial charge is 0.449 e. The minimum absolute atomic E-state index is 0.240. The minimum Gasteiger partial charge on any atom is -0.449 e. The zero-order chi connectivity index (χ0) is 18.1. The van der Waals surface area contributed by atoms with E-state index >= 15 is 0 Å². The topological polar surface area (TPSA) is 32.8 Å². The number of ether oxygens (including phenoxy) is 1. The Kier molecular flexibility index (Phi) is 4.71. The number of rotatable bonds is 5. The number of esters is 1. The fourth-order valence-electron chi connectivity index (χ4n) is 3.43. The standard InChI is InChI=1S/C21H26N2O2/c1-6-23(7-2)16-9-10-17(14(3)12-16)20-18-11-8-15(22(4)5)13-19(18)21(24)25-20/h8-13,20H,6-7H2,1-5H3. The van der Waals surface area contributed by atoms with Crippen LogP contribution in [0.2, 0.25) is 0 Å². The highest BCUT2D eigenvalue weighted by atomic mass is 16.5. The molecule has 0 amide bonds. The molecule has 1 heterocycles. The number of cyclic esters (lactones) is 1. The molecule has 2 aromatic rings. The highest BCUT2D eigenvalue weighted by Crippen LogP contribution is 2.39. The van der Waals surface area contributed by atoms with E-state index in [1.807, 2.05) is 37.2 Å². The summed E-state index contributed by atoms with van der Waals surface area (Å²) in [7, 11) is 3.94. The molecule has 25 heavy (non-hydrogen) atoms. The number of anilines is 2. The molecule has 0 spiro atoms. The molecule has 3 rings (SSSR count). The first-order chi connectivity index (χ1) is 12.0. The van der Waals surface area contributed by atoms with Crippen LogP contribution in [0.25, 0.3) is 0 Å². The molecule has 0 aliphatic carbocycles. The highest BCUT2D eigenvalue weighted by molar-refractivity contribution is 5.95. The van der Waals surface area contributed by atoms with Crippen LogP contribution in [0.1, 0.15) is 47.0 Å². The molecule has 132 valence electrons.